The van der Waals surface area contributed by atoms with Gasteiger partial charge in [0, 0.05) is 23.5 Å². The lowest BCUT2D eigenvalue weighted by atomic mass is 9.98. The van der Waals surface area contributed by atoms with Crippen molar-refractivity contribution in [3.63, 3.8) is 0 Å². The Balaban J connectivity index is 2.29. The first-order valence-corrected chi connectivity index (χ1v) is 6.79. The zero-order valence-corrected chi connectivity index (χ0v) is 12.1. The van der Waals surface area contributed by atoms with Gasteiger partial charge in [-0.1, -0.05) is 32.9 Å². The number of hydrogen-bond acceptors (Lipinski definition) is 3. The van der Waals surface area contributed by atoms with Crippen LogP contribution in [0, 0.1) is 11.8 Å². The number of nitrogens with zero attached hydrogens (tertiary/aromatic N) is 1. The van der Waals surface area contributed by atoms with Gasteiger partial charge < -0.3 is 10.1 Å². The number of nitrogens with one attached hydrogen (secondary N) is 1. The van der Waals surface area contributed by atoms with Gasteiger partial charge >= 0.3 is 0 Å². The molecular weight excluding hydrogens is 236 g/mol. The maximum atomic E-state index is 5.39. The van der Waals surface area contributed by atoms with Crippen molar-refractivity contribution in [3.8, 4) is 5.75 Å². The predicted molar refractivity (Wildman–Crippen MR) is 80.8 cm³/mol. The van der Waals surface area contributed by atoms with Crippen LogP contribution in [0.25, 0.3) is 10.8 Å². The van der Waals surface area contributed by atoms with Crippen molar-refractivity contribution in [3.05, 3.63) is 30.5 Å². The third-order valence-corrected chi connectivity index (χ3v) is 3.72. The van der Waals surface area contributed by atoms with Gasteiger partial charge in [0.25, 0.3) is 0 Å². The summed E-state index contributed by atoms with van der Waals surface area (Å²) in [5.74, 6) is 3.10. The zero-order chi connectivity index (χ0) is 13.8. The molecule has 1 aromatic carbocycles. The lowest BCUT2D eigenvalue weighted by molar-refractivity contribution is 0.420. The van der Waals surface area contributed by atoms with Crippen molar-refractivity contribution < 1.29 is 4.74 Å². The third-order valence-electron chi connectivity index (χ3n) is 3.72. The minimum atomic E-state index is 0.614. The van der Waals surface area contributed by atoms with Crippen molar-refractivity contribution in [2.45, 2.75) is 20.8 Å². The smallest absolute Gasteiger partial charge is 0.133 e. The molecule has 0 saturated heterocycles. The molecule has 1 aromatic heterocycles. The number of pyridine rings is 1. The van der Waals surface area contributed by atoms with Gasteiger partial charge in [0.1, 0.15) is 11.6 Å². The first kappa shape index (κ1) is 13.7. The minimum absolute atomic E-state index is 0.614. The molecule has 102 valence electrons. The molecular formula is C16H22N2O. The van der Waals surface area contributed by atoms with Crippen molar-refractivity contribution in [2.75, 3.05) is 19.0 Å². The van der Waals surface area contributed by atoms with Crippen LogP contribution in [-0.2, 0) is 0 Å². The third kappa shape index (κ3) is 2.98. The molecule has 3 heteroatoms. The monoisotopic (exact) mass is 258 g/mol. The van der Waals surface area contributed by atoms with E-state index in [9.17, 15) is 0 Å². The number of ether oxygens (including phenoxy) is 1. The van der Waals surface area contributed by atoms with E-state index in [4.69, 9.17) is 4.74 Å². The normalized spacial score (nSPS) is 12.7. The topological polar surface area (TPSA) is 34.1 Å². The summed E-state index contributed by atoms with van der Waals surface area (Å²) in [6.07, 6.45) is 1.83. The van der Waals surface area contributed by atoms with E-state index in [2.05, 4.69) is 37.1 Å². The summed E-state index contributed by atoms with van der Waals surface area (Å²) in [5.41, 5.74) is 0. The number of hydrogen-bond donors (Lipinski definition) is 1. The Kier molecular flexibility index (Phi) is 4.25. The molecule has 0 aliphatic heterocycles. The maximum absolute atomic E-state index is 5.39. The second-order valence-corrected chi connectivity index (χ2v) is 5.32. The molecule has 1 N–H and O–H groups in total. The molecule has 0 radical (unpaired) electrons. The van der Waals surface area contributed by atoms with Crippen LogP contribution in [0.15, 0.2) is 30.5 Å². The molecule has 0 amide bonds. The van der Waals surface area contributed by atoms with Gasteiger partial charge in [0.2, 0.25) is 0 Å². The van der Waals surface area contributed by atoms with Crippen LogP contribution in [0.4, 0.5) is 5.82 Å². The van der Waals surface area contributed by atoms with E-state index < -0.39 is 0 Å². The Morgan fingerprint density at radius 2 is 1.95 bits per heavy atom. The summed E-state index contributed by atoms with van der Waals surface area (Å²) in [5, 5.41) is 5.66. The summed E-state index contributed by atoms with van der Waals surface area (Å²) in [6, 6.07) is 8.04. The largest absolute Gasteiger partial charge is 0.496 e. The van der Waals surface area contributed by atoms with Gasteiger partial charge in [0.15, 0.2) is 0 Å². The molecule has 0 spiro atoms. The molecule has 1 heterocycles. The number of aromatic nitrogens is 1. The molecule has 0 fully saturated rings. The molecule has 0 bridgehead atoms. The fourth-order valence-corrected chi connectivity index (χ4v) is 1.99. The number of anilines is 1. The lowest BCUT2D eigenvalue weighted by Crippen LogP contribution is -2.16. The Morgan fingerprint density at radius 1 is 1.16 bits per heavy atom. The molecule has 0 aliphatic rings. The van der Waals surface area contributed by atoms with E-state index in [1.54, 1.807) is 7.11 Å². The summed E-state index contributed by atoms with van der Waals surface area (Å²) in [6.45, 7) is 7.67. The van der Waals surface area contributed by atoms with Crippen LogP contribution in [0.3, 0.4) is 0 Å². The highest BCUT2D eigenvalue weighted by Gasteiger charge is 2.09. The second-order valence-electron chi connectivity index (χ2n) is 5.32. The van der Waals surface area contributed by atoms with Gasteiger partial charge in [-0.15, -0.1) is 0 Å². The quantitative estimate of drug-likeness (QED) is 0.881. The first-order valence-electron chi connectivity index (χ1n) is 6.79. The van der Waals surface area contributed by atoms with Crippen LogP contribution < -0.4 is 10.1 Å². The van der Waals surface area contributed by atoms with Crippen LogP contribution in [0.1, 0.15) is 20.8 Å². The van der Waals surface area contributed by atoms with Crippen molar-refractivity contribution in [1.82, 2.24) is 4.98 Å². The summed E-state index contributed by atoms with van der Waals surface area (Å²) in [4.78, 5) is 4.45. The molecule has 2 rings (SSSR count). The van der Waals surface area contributed by atoms with Gasteiger partial charge in [0.05, 0.1) is 7.11 Å². The molecule has 3 nitrogen and oxygen atoms in total. The summed E-state index contributed by atoms with van der Waals surface area (Å²) < 4.78 is 5.39. The predicted octanol–water partition coefficient (Wildman–Crippen LogP) is 3.95. The van der Waals surface area contributed by atoms with E-state index in [0.717, 1.165) is 28.9 Å². The fourth-order valence-electron chi connectivity index (χ4n) is 1.99. The van der Waals surface area contributed by atoms with E-state index in [0.29, 0.717) is 11.8 Å². The van der Waals surface area contributed by atoms with E-state index in [1.165, 1.54) is 0 Å². The van der Waals surface area contributed by atoms with Crippen LogP contribution in [-0.4, -0.2) is 18.6 Å². The van der Waals surface area contributed by atoms with Gasteiger partial charge in [-0.3, -0.25) is 0 Å². The highest BCUT2D eigenvalue weighted by Crippen LogP contribution is 2.29. The van der Waals surface area contributed by atoms with Gasteiger partial charge in [-0.05, 0) is 24.0 Å². The number of benzene rings is 1. The minimum Gasteiger partial charge on any atom is -0.496 e. The number of rotatable bonds is 5. The number of fused-ring (bicyclic) bond motifs is 1. The molecule has 1 unspecified atom stereocenters. The first-order chi connectivity index (χ1) is 9.13. The lowest BCUT2D eigenvalue weighted by Gasteiger charge is -2.17. The van der Waals surface area contributed by atoms with Crippen LogP contribution in [0.5, 0.6) is 5.75 Å². The Labute approximate surface area is 115 Å². The van der Waals surface area contributed by atoms with Gasteiger partial charge in [-0.2, -0.15) is 0 Å². The second kappa shape index (κ2) is 5.91. The zero-order valence-electron chi connectivity index (χ0n) is 12.1. The standard InChI is InChI=1S/C16H22N2O/c1-11(2)12(3)10-18-16-14-6-5-7-15(19-4)13(14)8-9-17-16/h5-9,11-12H,10H2,1-4H3,(H,17,18). The Morgan fingerprint density at radius 3 is 2.63 bits per heavy atom. The highest BCUT2D eigenvalue weighted by molar-refractivity contribution is 5.95. The van der Waals surface area contributed by atoms with Crippen molar-refractivity contribution in [2.24, 2.45) is 11.8 Å². The van der Waals surface area contributed by atoms with E-state index in [-0.39, 0.29) is 0 Å². The molecule has 0 saturated carbocycles. The fraction of sp³-hybridized carbons (Fsp3) is 0.438. The molecule has 1 atom stereocenters. The van der Waals surface area contributed by atoms with E-state index in [1.807, 2.05) is 24.4 Å². The van der Waals surface area contributed by atoms with Crippen molar-refractivity contribution in [1.29, 1.82) is 0 Å². The SMILES string of the molecule is COc1cccc2c(NCC(C)C(C)C)nccc12. The summed E-state index contributed by atoms with van der Waals surface area (Å²) >= 11 is 0. The van der Waals surface area contributed by atoms with Crippen molar-refractivity contribution >= 4 is 16.6 Å². The molecule has 19 heavy (non-hydrogen) atoms. The van der Waals surface area contributed by atoms with Crippen LogP contribution in [0.2, 0.25) is 0 Å². The van der Waals surface area contributed by atoms with E-state index >= 15 is 0 Å². The Hall–Kier alpha value is -1.77. The van der Waals surface area contributed by atoms with Gasteiger partial charge in [-0.25, -0.2) is 4.98 Å². The number of methoxy groups -OCH3 is 1. The van der Waals surface area contributed by atoms with Crippen LogP contribution >= 0.6 is 0 Å². The highest BCUT2D eigenvalue weighted by atomic mass is 16.5. The Bertz CT molecular complexity index is 551. The molecule has 2 aromatic rings. The average Bonchev–Trinajstić information content (AvgIpc) is 2.43. The molecule has 0 aliphatic carbocycles. The summed E-state index contributed by atoms with van der Waals surface area (Å²) in [7, 11) is 1.70. The average molecular weight is 258 g/mol. The maximum Gasteiger partial charge on any atom is 0.133 e.